The number of nitrogens with one attached hydrogen (secondary N) is 1. The predicted molar refractivity (Wildman–Crippen MR) is 67.5 cm³/mol. The van der Waals surface area contributed by atoms with E-state index in [9.17, 15) is 0 Å². The van der Waals surface area contributed by atoms with E-state index in [4.69, 9.17) is 0 Å². The van der Waals surface area contributed by atoms with E-state index < -0.39 is 0 Å². The topological polar surface area (TPSA) is 37.8 Å². The molecule has 1 unspecified atom stereocenters. The van der Waals surface area contributed by atoms with E-state index in [1.165, 1.54) is 19.3 Å². The summed E-state index contributed by atoms with van der Waals surface area (Å²) in [6.45, 7) is 4.56. The fourth-order valence-corrected chi connectivity index (χ4v) is 2.32. The number of halogens is 1. The first-order valence-electron chi connectivity index (χ1n) is 5.86. The van der Waals surface area contributed by atoms with Crippen molar-refractivity contribution in [1.29, 1.82) is 0 Å². The Morgan fingerprint density at radius 3 is 2.62 bits per heavy atom. The lowest BCUT2D eigenvalue weighted by atomic mass is 10.2. The Hall–Kier alpha value is -0.640. The van der Waals surface area contributed by atoms with E-state index >= 15 is 0 Å². The summed E-state index contributed by atoms with van der Waals surface area (Å²) >= 11 is 3.46. The molecule has 0 bridgehead atoms. The van der Waals surface area contributed by atoms with Gasteiger partial charge in [0.1, 0.15) is 16.2 Å². The number of nitrogens with zero attached hydrogens (tertiary/aromatic N) is 2. The monoisotopic (exact) mass is 281 g/mol. The molecule has 2 aliphatic rings. The first kappa shape index (κ1) is 10.5. The Kier molecular flexibility index (Phi) is 2.25. The molecule has 1 aromatic heterocycles. The summed E-state index contributed by atoms with van der Waals surface area (Å²) in [5, 5.41) is 3.49. The molecule has 1 heterocycles. The van der Waals surface area contributed by atoms with Gasteiger partial charge in [-0.1, -0.05) is 13.8 Å². The molecule has 1 aromatic rings. The molecule has 4 heteroatoms. The van der Waals surface area contributed by atoms with Gasteiger partial charge in [-0.05, 0) is 40.6 Å². The predicted octanol–water partition coefficient (Wildman–Crippen LogP) is 3.33. The number of rotatable bonds is 3. The summed E-state index contributed by atoms with van der Waals surface area (Å²) < 4.78 is 0.894. The average Bonchev–Trinajstić information content (AvgIpc) is 3.04. The molecule has 2 saturated carbocycles. The van der Waals surface area contributed by atoms with Gasteiger partial charge in [-0.2, -0.15) is 0 Å². The third kappa shape index (κ3) is 2.08. The maximum Gasteiger partial charge on any atom is 0.135 e. The average molecular weight is 282 g/mol. The largest absolute Gasteiger partial charge is 0.367 e. The molecule has 16 heavy (non-hydrogen) atoms. The van der Waals surface area contributed by atoms with Crippen molar-refractivity contribution in [2.24, 2.45) is 5.41 Å². The fraction of sp³-hybridized carbons (Fsp3) is 0.667. The van der Waals surface area contributed by atoms with E-state index in [0.29, 0.717) is 17.4 Å². The molecule has 3 rings (SSSR count). The minimum absolute atomic E-state index is 0.428. The minimum atomic E-state index is 0.428. The van der Waals surface area contributed by atoms with Crippen LogP contribution in [-0.4, -0.2) is 16.0 Å². The van der Waals surface area contributed by atoms with Crippen molar-refractivity contribution in [1.82, 2.24) is 9.97 Å². The highest BCUT2D eigenvalue weighted by Crippen LogP contribution is 2.46. The van der Waals surface area contributed by atoms with Crippen LogP contribution in [0, 0.1) is 5.41 Å². The van der Waals surface area contributed by atoms with Crippen LogP contribution in [-0.2, 0) is 0 Å². The fourth-order valence-electron chi connectivity index (χ4n) is 1.93. The lowest BCUT2D eigenvalue weighted by molar-refractivity contribution is 0.629. The SMILES string of the molecule is CC1(C)CC1Nc1cc(Br)nc(C2CC2)n1. The summed E-state index contributed by atoms with van der Waals surface area (Å²) in [5.41, 5.74) is 0.428. The molecule has 0 radical (unpaired) electrons. The Balaban J connectivity index is 1.78. The van der Waals surface area contributed by atoms with E-state index in [1.54, 1.807) is 0 Å². The molecule has 0 spiro atoms. The quantitative estimate of drug-likeness (QED) is 0.864. The van der Waals surface area contributed by atoms with Gasteiger partial charge in [-0.3, -0.25) is 0 Å². The van der Waals surface area contributed by atoms with E-state index in [2.05, 4.69) is 45.1 Å². The number of aromatic nitrogens is 2. The summed E-state index contributed by atoms with van der Waals surface area (Å²) in [6.07, 6.45) is 3.71. The third-order valence-electron chi connectivity index (χ3n) is 3.49. The molecule has 0 amide bonds. The van der Waals surface area contributed by atoms with Crippen molar-refractivity contribution in [3.63, 3.8) is 0 Å². The van der Waals surface area contributed by atoms with Gasteiger partial charge in [0.15, 0.2) is 0 Å². The van der Waals surface area contributed by atoms with Crippen molar-refractivity contribution in [2.45, 2.75) is 45.1 Å². The van der Waals surface area contributed by atoms with Crippen LogP contribution in [0.4, 0.5) is 5.82 Å². The van der Waals surface area contributed by atoms with Gasteiger partial charge in [0.05, 0.1) is 0 Å². The zero-order valence-electron chi connectivity index (χ0n) is 9.63. The van der Waals surface area contributed by atoms with Gasteiger partial charge in [0.25, 0.3) is 0 Å². The highest BCUT2D eigenvalue weighted by Gasteiger charge is 2.46. The molecule has 2 fully saturated rings. The summed E-state index contributed by atoms with van der Waals surface area (Å²) in [5.74, 6) is 2.57. The van der Waals surface area contributed by atoms with Crippen molar-refractivity contribution < 1.29 is 0 Å². The van der Waals surface area contributed by atoms with Crippen LogP contribution in [0.15, 0.2) is 10.7 Å². The van der Waals surface area contributed by atoms with Crippen LogP contribution in [0.25, 0.3) is 0 Å². The number of hydrogen-bond donors (Lipinski definition) is 1. The second-order valence-corrected chi connectivity index (χ2v) is 6.41. The van der Waals surface area contributed by atoms with Gasteiger partial charge < -0.3 is 5.32 Å². The number of anilines is 1. The molecule has 0 saturated heterocycles. The first-order chi connectivity index (χ1) is 7.54. The second-order valence-electron chi connectivity index (χ2n) is 5.60. The van der Waals surface area contributed by atoms with Gasteiger partial charge >= 0.3 is 0 Å². The maximum atomic E-state index is 4.59. The standard InChI is InChI=1S/C12H16BrN3/c1-12(2)6-8(12)14-10-5-9(13)15-11(16-10)7-3-4-7/h5,7-8H,3-4,6H2,1-2H3,(H,14,15,16). The van der Waals surface area contributed by atoms with Gasteiger partial charge in [-0.15, -0.1) is 0 Å². The van der Waals surface area contributed by atoms with Gasteiger partial charge in [0, 0.05) is 18.0 Å². The van der Waals surface area contributed by atoms with Crippen molar-refractivity contribution in [3.8, 4) is 0 Å². The van der Waals surface area contributed by atoms with Crippen molar-refractivity contribution in [3.05, 3.63) is 16.5 Å². The highest BCUT2D eigenvalue weighted by atomic mass is 79.9. The molecule has 2 aliphatic carbocycles. The molecule has 0 aliphatic heterocycles. The summed E-state index contributed by atoms with van der Waals surface area (Å²) in [7, 11) is 0. The van der Waals surface area contributed by atoms with Gasteiger partial charge in [-0.25, -0.2) is 9.97 Å². The van der Waals surface area contributed by atoms with Crippen molar-refractivity contribution >= 4 is 21.7 Å². The van der Waals surface area contributed by atoms with Gasteiger partial charge in [0.2, 0.25) is 0 Å². The summed E-state index contributed by atoms with van der Waals surface area (Å²) in [6, 6.07) is 2.54. The zero-order valence-corrected chi connectivity index (χ0v) is 11.2. The van der Waals surface area contributed by atoms with Crippen LogP contribution in [0.1, 0.15) is 44.9 Å². The zero-order chi connectivity index (χ0) is 11.3. The smallest absolute Gasteiger partial charge is 0.135 e. The highest BCUT2D eigenvalue weighted by molar-refractivity contribution is 9.10. The third-order valence-corrected chi connectivity index (χ3v) is 3.90. The summed E-state index contributed by atoms with van der Waals surface area (Å²) in [4.78, 5) is 9.01. The van der Waals surface area contributed by atoms with Crippen molar-refractivity contribution in [2.75, 3.05) is 5.32 Å². The Morgan fingerprint density at radius 1 is 1.38 bits per heavy atom. The Labute approximate surface area is 104 Å². The molecule has 1 N–H and O–H groups in total. The van der Waals surface area contributed by atoms with Crippen LogP contribution in [0.2, 0.25) is 0 Å². The molecule has 3 nitrogen and oxygen atoms in total. The normalized spacial score (nSPS) is 26.6. The lowest BCUT2D eigenvalue weighted by Gasteiger charge is -2.09. The Morgan fingerprint density at radius 2 is 2.06 bits per heavy atom. The van der Waals surface area contributed by atoms with Crippen LogP contribution >= 0.6 is 15.9 Å². The van der Waals surface area contributed by atoms with E-state index in [-0.39, 0.29) is 0 Å². The molecular weight excluding hydrogens is 266 g/mol. The molecular formula is C12H16BrN3. The van der Waals surface area contributed by atoms with Crippen LogP contribution in [0.5, 0.6) is 0 Å². The minimum Gasteiger partial charge on any atom is -0.367 e. The molecule has 1 atom stereocenters. The number of hydrogen-bond acceptors (Lipinski definition) is 3. The van der Waals surface area contributed by atoms with E-state index in [1.807, 2.05) is 6.07 Å². The van der Waals surface area contributed by atoms with Crippen LogP contribution in [0.3, 0.4) is 0 Å². The first-order valence-corrected chi connectivity index (χ1v) is 6.65. The molecule has 0 aromatic carbocycles. The van der Waals surface area contributed by atoms with Crippen LogP contribution < -0.4 is 5.32 Å². The van der Waals surface area contributed by atoms with E-state index in [0.717, 1.165) is 16.2 Å². The molecule has 86 valence electrons. The lowest BCUT2D eigenvalue weighted by Crippen LogP contribution is -2.11. The second kappa shape index (κ2) is 3.42. The Bertz CT molecular complexity index is 426. The maximum absolute atomic E-state index is 4.59.